The van der Waals surface area contributed by atoms with Crippen molar-refractivity contribution in [3.8, 4) is 5.69 Å². The summed E-state index contributed by atoms with van der Waals surface area (Å²) in [7, 11) is 1.70. The standard InChI is InChI=1S/C17H18Cl3N3O2/c1-10-5-6-22(9-15(10)25-2)14-8-21-23(17(24)16(14)20)13-4-3-11(18)7-12(13)19/h3-4,7-8,10,15H,5-6,9H2,1-2H3. The molecule has 0 N–H and O–H groups in total. The number of hydrogen-bond acceptors (Lipinski definition) is 4. The fourth-order valence-corrected chi connectivity index (χ4v) is 3.77. The molecule has 0 spiro atoms. The molecular weight excluding hydrogens is 385 g/mol. The molecule has 25 heavy (non-hydrogen) atoms. The van der Waals surface area contributed by atoms with E-state index in [1.165, 1.54) is 4.68 Å². The Morgan fingerprint density at radius 1 is 1.24 bits per heavy atom. The van der Waals surface area contributed by atoms with Gasteiger partial charge in [0.1, 0.15) is 5.02 Å². The van der Waals surface area contributed by atoms with E-state index in [0.717, 1.165) is 13.0 Å². The van der Waals surface area contributed by atoms with Gasteiger partial charge in [-0.3, -0.25) is 4.79 Å². The van der Waals surface area contributed by atoms with Crippen molar-refractivity contribution in [2.45, 2.75) is 19.4 Å². The summed E-state index contributed by atoms with van der Waals surface area (Å²) in [4.78, 5) is 14.7. The van der Waals surface area contributed by atoms with Crippen LogP contribution in [0.5, 0.6) is 0 Å². The van der Waals surface area contributed by atoms with E-state index < -0.39 is 5.56 Å². The molecule has 2 unspecified atom stereocenters. The molecule has 0 radical (unpaired) electrons. The first kappa shape index (κ1) is 18.5. The molecule has 2 atom stereocenters. The molecule has 1 saturated heterocycles. The Kier molecular flexibility index (Phi) is 5.58. The Balaban J connectivity index is 1.97. The first-order valence-electron chi connectivity index (χ1n) is 7.93. The molecule has 0 amide bonds. The van der Waals surface area contributed by atoms with Gasteiger partial charge < -0.3 is 9.64 Å². The molecule has 8 heteroatoms. The third kappa shape index (κ3) is 3.65. The maximum Gasteiger partial charge on any atom is 0.292 e. The fraction of sp³-hybridized carbons (Fsp3) is 0.412. The van der Waals surface area contributed by atoms with Gasteiger partial charge in [-0.05, 0) is 30.5 Å². The lowest BCUT2D eigenvalue weighted by Crippen LogP contribution is -2.44. The third-order valence-electron chi connectivity index (χ3n) is 4.57. The molecule has 0 bridgehead atoms. The number of aromatic nitrogens is 2. The highest BCUT2D eigenvalue weighted by atomic mass is 35.5. The van der Waals surface area contributed by atoms with Gasteiger partial charge in [-0.25, -0.2) is 0 Å². The van der Waals surface area contributed by atoms with Crippen LogP contribution in [0, 0.1) is 5.92 Å². The zero-order chi connectivity index (χ0) is 18.1. The maximum absolute atomic E-state index is 12.7. The SMILES string of the molecule is COC1CN(c2cnn(-c3ccc(Cl)cc3Cl)c(=O)c2Cl)CCC1C. The number of nitrogens with zero attached hydrogens (tertiary/aromatic N) is 3. The Morgan fingerprint density at radius 2 is 2.00 bits per heavy atom. The molecule has 1 aromatic carbocycles. The van der Waals surface area contributed by atoms with E-state index >= 15 is 0 Å². The second-order valence-electron chi connectivity index (χ2n) is 6.14. The zero-order valence-electron chi connectivity index (χ0n) is 13.9. The summed E-state index contributed by atoms with van der Waals surface area (Å²) < 4.78 is 6.71. The highest BCUT2D eigenvalue weighted by Crippen LogP contribution is 2.29. The van der Waals surface area contributed by atoms with Gasteiger partial charge in [0.05, 0.1) is 28.7 Å². The number of benzene rings is 1. The van der Waals surface area contributed by atoms with Crippen molar-refractivity contribution in [2.75, 3.05) is 25.1 Å². The van der Waals surface area contributed by atoms with Gasteiger partial charge in [0, 0.05) is 25.2 Å². The van der Waals surface area contributed by atoms with E-state index in [-0.39, 0.29) is 11.1 Å². The van der Waals surface area contributed by atoms with E-state index in [9.17, 15) is 4.79 Å². The summed E-state index contributed by atoms with van der Waals surface area (Å²) in [6.07, 6.45) is 2.65. The minimum atomic E-state index is -0.420. The van der Waals surface area contributed by atoms with Crippen LogP contribution in [0.1, 0.15) is 13.3 Å². The molecule has 3 rings (SSSR count). The summed E-state index contributed by atoms with van der Waals surface area (Å²) in [5.74, 6) is 0.459. The van der Waals surface area contributed by atoms with Crippen molar-refractivity contribution in [1.29, 1.82) is 0 Å². The molecule has 1 aliphatic rings. The fourth-order valence-electron chi connectivity index (χ4n) is 3.03. The van der Waals surface area contributed by atoms with Gasteiger partial charge in [-0.15, -0.1) is 0 Å². The van der Waals surface area contributed by atoms with E-state index in [2.05, 4.69) is 12.0 Å². The normalized spacial score (nSPS) is 20.8. The van der Waals surface area contributed by atoms with Crippen molar-refractivity contribution in [1.82, 2.24) is 9.78 Å². The molecule has 0 saturated carbocycles. The van der Waals surface area contributed by atoms with Crippen LogP contribution < -0.4 is 10.5 Å². The Morgan fingerprint density at radius 3 is 2.68 bits per heavy atom. The second kappa shape index (κ2) is 7.54. The van der Waals surface area contributed by atoms with Crippen molar-refractivity contribution < 1.29 is 4.74 Å². The molecule has 0 aliphatic carbocycles. The largest absolute Gasteiger partial charge is 0.379 e. The van der Waals surface area contributed by atoms with Gasteiger partial charge in [0.25, 0.3) is 5.56 Å². The predicted molar refractivity (Wildman–Crippen MR) is 102 cm³/mol. The molecule has 1 fully saturated rings. The van der Waals surface area contributed by atoms with Crippen molar-refractivity contribution >= 4 is 40.5 Å². The zero-order valence-corrected chi connectivity index (χ0v) is 16.1. The van der Waals surface area contributed by atoms with E-state index in [4.69, 9.17) is 39.5 Å². The second-order valence-corrected chi connectivity index (χ2v) is 7.36. The molecular formula is C17H18Cl3N3O2. The number of rotatable bonds is 3. The van der Waals surface area contributed by atoms with Crippen LogP contribution in [0.25, 0.3) is 5.69 Å². The number of halogens is 3. The van der Waals surface area contributed by atoms with Gasteiger partial charge in [0.15, 0.2) is 0 Å². The van der Waals surface area contributed by atoms with Crippen LogP contribution >= 0.6 is 34.8 Å². The van der Waals surface area contributed by atoms with Crippen LogP contribution in [0.3, 0.4) is 0 Å². The van der Waals surface area contributed by atoms with Crippen LogP contribution in [-0.2, 0) is 4.74 Å². The van der Waals surface area contributed by atoms with Gasteiger partial charge >= 0.3 is 0 Å². The maximum atomic E-state index is 12.7. The lowest BCUT2D eigenvalue weighted by Gasteiger charge is -2.37. The third-order valence-corrected chi connectivity index (χ3v) is 5.46. The first-order valence-corrected chi connectivity index (χ1v) is 9.06. The Labute approximate surface area is 161 Å². The molecule has 2 aromatic rings. The summed E-state index contributed by atoms with van der Waals surface area (Å²) in [6, 6.07) is 4.84. The summed E-state index contributed by atoms with van der Waals surface area (Å²) in [6.45, 7) is 3.63. The minimum Gasteiger partial charge on any atom is -0.379 e. The summed E-state index contributed by atoms with van der Waals surface area (Å²) in [5.41, 5.74) is 0.629. The van der Waals surface area contributed by atoms with Crippen LogP contribution in [0.15, 0.2) is 29.2 Å². The minimum absolute atomic E-state index is 0.0953. The number of piperidine rings is 1. The number of ether oxygens (including phenoxy) is 1. The molecule has 5 nitrogen and oxygen atoms in total. The lowest BCUT2D eigenvalue weighted by atomic mass is 9.95. The average molecular weight is 403 g/mol. The van der Waals surface area contributed by atoms with Crippen LogP contribution in [-0.4, -0.2) is 36.1 Å². The molecule has 1 aromatic heterocycles. The topological polar surface area (TPSA) is 47.4 Å². The van der Waals surface area contributed by atoms with Crippen molar-refractivity contribution in [3.05, 3.63) is 49.8 Å². The predicted octanol–water partition coefficient (Wildman–Crippen LogP) is 4.05. The summed E-state index contributed by atoms with van der Waals surface area (Å²) in [5, 5.41) is 5.19. The van der Waals surface area contributed by atoms with E-state index in [1.807, 2.05) is 4.90 Å². The molecule has 1 aliphatic heterocycles. The van der Waals surface area contributed by atoms with Crippen LogP contribution in [0.2, 0.25) is 15.1 Å². The first-order chi connectivity index (χ1) is 11.9. The van der Waals surface area contributed by atoms with E-state index in [1.54, 1.807) is 31.5 Å². The van der Waals surface area contributed by atoms with Gasteiger partial charge in [-0.2, -0.15) is 9.78 Å². The number of anilines is 1. The van der Waals surface area contributed by atoms with E-state index in [0.29, 0.717) is 33.9 Å². The van der Waals surface area contributed by atoms with Gasteiger partial charge in [-0.1, -0.05) is 41.7 Å². The lowest BCUT2D eigenvalue weighted by molar-refractivity contribution is 0.0498. The monoisotopic (exact) mass is 401 g/mol. The van der Waals surface area contributed by atoms with Crippen molar-refractivity contribution in [2.24, 2.45) is 5.92 Å². The highest BCUT2D eigenvalue weighted by Gasteiger charge is 2.28. The smallest absolute Gasteiger partial charge is 0.292 e. The summed E-state index contributed by atoms with van der Waals surface area (Å²) >= 11 is 18.4. The quantitative estimate of drug-likeness (QED) is 0.777. The molecule has 2 heterocycles. The number of methoxy groups -OCH3 is 1. The highest BCUT2D eigenvalue weighted by molar-refractivity contribution is 6.36. The Hall–Kier alpha value is -1.27. The Bertz CT molecular complexity index is 840. The van der Waals surface area contributed by atoms with Crippen LogP contribution in [0.4, 0.5) is 5.69 Å². The number of hydrogen-bond donors (Lipinski definition) is 0. The molecule has 134 valence electrons. The van der Waals surface area contributed by atoms with Gasteiger partial charge in [0.2, 0.25) is 0 Å². The van der Waals surface area contributed by atoms with Crippen molar-refractivity contribution in [3.63, 3.8) is 0 Å². The average Bonchev–Trinajstić information content (AvgIpc) is 2.59.